The van der Waals surface area contributed by atoms with Gasteiger partial charge in [0.1, 0.15) is 0 Å². The average Bonchev–Trinajstić information content (AvgIpc) is 2.51. The minimum absolute atomic E-state index is 0.268. The monoisotopic (exact) mass is 193 g/mol. The van der Waals surface area contributed by atoms with Crippen molar-refractivity contribution in [1.29, 1.82) is 0 Å². The third-order valence-electron chi connectivity index (χ3n) is 4.18. The largest absolute Gasteiger partial charge is 0.285 e. The first-order chi connectivity index (χ1) is 6.30. The highest BCUT2D eigenvalue weighted by Crippen LogP contribution is 2.51. The second kappa shape index (κ2) is 2.63. The second-order valence-corrected chi connectivity index (χ2v) is 6.42. The SMILES string of the molecule is CC1(C)C=CC2(C(C)(C)C)CCCN12. The van der Waals surface area contributed by atoms with Crippen molar-refractivity contribution in [1.82, 2.24) is 4.90 Å². The van der Waals surface area contributed by atoms with E-state index in [9.17, 15) is 0 Å². The maximum Gasteiger partial charge on any atom is 0.0449 e. The van der Waals surface area contributed by atoms with Gasteiger partial charge in [0.2, 0.25) is 0 Å². The highest BCUT2D eigenvalue weighted by atomic mass is 15.3. The quantitative estimate of drug-likeness (QED) is 0.534. The number of rotatable bonds is 0. The first-order valence-corrected chi connectivity index (χ1v) is 5.78. The highest BCUT2D eigenvalue weighted by molar-refractivity contribution is 5.28. The standard InChI is InChI=1S/C13H23N/c1-11(2,3)13-7-6-10-14(13)12(4,5)8-9-13/h8-9H,6-7,10H2,1-5H3. The predicted molar refractivity (Wildman–Crippen MR) is 61.3 cm³/mol. The molecule has 0 aromatic heterocycles. The Hall–Kier alpha value is -0.300. The van der Waals surface area contributed by atoms with Gasteiger partial charge in [-0.2, -0.15) is 0 Å². The Kier molecular flexibility index (Phi) is 1.92. The van der Waals surface area contributed by atoms with Gasteiger partial charge >= 0.3 is 0 Å². The van der Waals surface area contributed by atoms with Gasteiger partial charge in [-0.25, -0.2) is 0 Å². The van der Waals surface area contributed by atoms with E-state index in [1.54, 1.807) is 0 Å². The van der Waals surface area contributed by atoms with Gasteiger partial charge in [0.05, 0.1) is 0 Å². The van der Waals surface area contributed by atoms with Crippen LogP contribution in [0.5, 0.6) is 0 Å². The van der Waals surface area contributed by atoms with Gasteiger partial charge < -0.3 is 0 Å². The van der Waals surface area contributed by atoms with Crippen LogP contribution in [0.3, 0.4) is 0 Å². The molecule has 1 nitrogen and oxygen atoms in total. The van der Waals surface area contributed by atoms with Crippen molar-refractivity contribution in [2.45, 2.75) is 58.5 Å². The maximum absolute atomic E-state index is 2.69. The minimum atomic E-state index is 0.268. The van der Waals surface area contributed by atoms with Crippen molar-refractivity contribution in [3.63, 3.8) is 0 Å². The van der Waals surface area contributed by atoms with Crippen molar-refractivity contribution in [2.75, 3.05) is 6.54 Å². The summed E-state index contributed by atoms with van der Waals surface area (Å²) in [6, 6.07) is 0. The van der Waals surface area contributed by atoms with Crippen molar-refractivity contribution >= 4 is 0 Å². The first-order valence-electron chi connectivity index (χ1n) is 5.78. The van der Waals surface area contributed by atoms with Crippen molar-refractivity contribution in [2.24, 2.45) is 5.41 Å². The van der Waals surface area contributed by atoms with E-state index in [1.165, 1.54) is 19.4 Å². The molecule has 1 heteroatoms. The summed E-state index contributed by atoms with van der Waals surface area (Å²) in [6.07, 6.45) is 7.55. The van der Waals surface area contributed by atoms with Crippen LogP contribution in [0.2, 0.25) is 0 Å². The lowest BCUT2D eigenvalue weighted by Gasteiger charge is -2.47. The third kappa shape index (κ3) is 1.11. The molecule has 14 heavy (non-hydrogen) atoms. The van der Waals surface area contributed by atoms with Crippen molar-refractivity contribution in [3.05, 3.63) is 12.2 Å². The molecule has 0 aromatic carbocycles. The molecule has 1 fully saturated rings. The summed E-state index contributed by atoms with van der Waals surface area (Å²) in [6.45, 7) is 13.0. The Morgan fingerprint density at radius 3 is 2.29 bits per heavy atom. The molecular formula is C13H23N. The summed E-state index contributed by atoms with van der Waals surface area (Å²) in [5.41, 5.74) is 0.952. The zero-order valence-electron chi connectivity index (χ0n) is 10.2. The van der Waals surface area contributed by atoms with Gasteiger partial charge in [0.15, 0.2) is 0 Å². The first kappa shape index (κ1) is 10.2. The Morgan fingerprint density at radius 1 is 1.14 bits per heavy atom. The van der Waals surface area contributed by atoms with Gasteiger partial charge in [-0.3, -0.25) is 4.90 Å². The summed E-state index contributed by atoms with van der Waals surface area (Å²) in [7, 11) is 0. The second-order valence-electron chi connectivity index (χ2n) is 6.42. The summed E-state index contributed by atoms with van der Waals surface area (Å²) in [4.78, 5) is 2.69. The van der Waals surface area contributed by atoms with E-state index in [4.69, 9.17) is 0 Å². The molecule has 1 unspecified atom stereocenters. The van der Waals surface area contributed by atoms with Gasteiger partial charge in [-0.1, -0.05) is 32.9 Å². The molecule has 0 saturated carbocycles. The van der Waals surface area contributed by atoms with E-state index in [-0.39, 0.29) is 5.54 Å². The fraction of sp³-hybridized carbons (Fsp3) is 0.846. The minimum Gasteiger partial charge on any atom is -0.285 e. The van der Waals surface area contributed by atoms with Crippen LogP contribution in [0.1, 0.15) is 47.5 Å². The van der Waals surface area contributed by atoms with Gasteiger partial charge in [-0.15, -0.1) is 0 Å². The molecular weight excluding hydrogens is 170 g/mol. The molecule has 80 valence electrons. The highest BCUT2D eigenvalue weighted by Gasteiger charge is 2.54. The van der Waals surface area contributed by atoms with Crippen molar-refractivity contribution in [3.8, 4) is 0 Å². The van der Waals surface area contributed by atoms with Crippen LogP contribution in [-0.4, -0.2) is 22.5 Å². The summed E-state index contributed by atoms with van der Waals surface area (Å²) in [5, 5.41) is 0. The van der Waals surface area contributed by atoms with Crippen LogP contribution < -0.4 is 0 Å². The van der Waals surface area contributed by atoms with Gasteiger partial charge in [-0.05, 0) is 38.6 Å². The van der Waals surface area contributed by atoms with E-state index < -0.39 is 0 Å². The number of hydrogen-bond acceptors (Lipinski definition) is 1. The molecule has 0 spiro atoms. The Balaban J connectivity index is 2.42. The van der Waals surface area contributed by atoms with Crippen LogP contribution >= 0.6 is 0 Å². The molecule has 0 bridgehead atoms. The Labute approximate surface area is 88.2 Å². The fourth-order valence-electron chi connectivity index (χ4n) is 3.28. The van der Waals surface area contributed by atoms with E-state index in [0.29, 0.717) is 11.0 Å². The van der Waals surface area contributed by atoms with E-state index >= 15 is 0 Å². The molecule has 2 aliphatic heterocycles. The number of nitrogens with zero attached hydrogens (tertiary/aromatic N) is 1. The smallest absolute Gasteiger partial charge is 0.0449 e. The molecule has 1 atom stereocenters. The van der Waals surface area contributed by atoms with Crippen LogP contribution in [0, 0.1) is 5.41 Å². The van der Waals surface area contributed by atoms with E-state index in [2.05, 4.69) is 51.7 Å². The predicted octanol–water partition coefficient (Wildman–Crippen LogP) is 3.22. The summed E-state index contributed by atoms with van der Waals surface area (Å²) < 4.78 is 0. The van der Waals surface area contributed by atoms with Crippen LogP contribution in [0.15, 0.2) is 12.2 Å². The van der Waals surface area contributed by atoms with Gasteiger partial charge in [0.25, 0.3) is 0 Å². The lowest BCUT2D eigenvalue weighted by molar-refractivity contribution is 0.0351. The molecule has 0 aromatic rings. The fourth-order valence-corrected chi connectivity index (χ4v) is 3.28. The van der Waals surface area contributed by atoms with E-state index in [0.717, 1.165) is 0 Å². The topological polar surface area (TPSA) is 3.24 Å². The van der Waals surface area contributed by atoms with Gasteiger partial charge in [0, 0.05) is 11.1 Å². The lowest BCUT2D eigenvalue weighted by Crippen LogP contribution is -2.54. The zero-order valence-corrected chi connectivity index (χ0v) is 10.2. The summed E-state index contributed by atoms with van der Waals surface area (Å²) >= 11 is 0. The van der Waals surface area contributed by atoms with Crippen LogP contribution in [0.25, 0.3) is 0 Å². The Morgan fingerprint density at radius 2 is 1.79 bits per heavy atom. The molecule has 2 rings (SSSR count). The Bertz CT molecular complexity index is 269. The molecule has 0 aliphatic carbocycles. The number of hydrogen-bond donors (Lipinski definition) is 0. The molecule has 1 saturated heterocycles. The molecule has 2 heterocycles. The lowest BCUT2D eigenvalue weighted by atomic mass is 9.72. The molecule has 0 N–H and O–H groups in total. The third-order valence-corrected chi connectivity index (χ3v) is 4.18. The molecule has 0 radical (unpaired) electrons. The zero-order chi connectivity index (χ0) is 10.6. The van der Waals surface area contributed by atoms with Crippen LogP contribution in [0.4, 0.5) is 0 Å². The summed E-state index contributed by atoms with van der Waals surface area (Å²) in [5.74, 6) is 0. The van der Waals surface area contributed by atoms with Crippen molar-refractivity contribution < 1.29 is 0 Å². The normalized spacial score (nSPS) is 36.4. The average molecular weight is 193 g/mol. The molecule has 0 amide bonds. The number of fused-ring (bicyclic) bond motifs is 1. The van der Waals surface area contributed by atoms with E-state index in [1.807, 2.05) is 0 Å². The maximum atomic E-state index is 2.69. The molecule has 2 aliphatic rings. The van der Waals surface area contributed by atoms with Crippen LogP contribution in [-0.2, 0) is 0 Å².